The number of hydrogen-bond acceptors (Lipinski definition) is 1. The van der Waals surface area contributed by atoms with Crippen LogP contribution in [0.1, 0.15) is 17.2 Å². The summed E-state index contributed by atoms with van der Waals surface area (Å²) < 4.78 is 66.3. The normalized spacial score (nSPS) is 12.5. The van der Waals surface area contributed by atoms with Crippen molar-refractivity contribution in [2.45, 2.75) is 6.04 Å². The topological polar surface area (TPSA) is 12.0 Å². The Bertz CT molecular complexity index is 621. The molecule has 0 aromatic heterocycles. The molecule has 20 heavy (non-hydrogen) atoms. The first-order valence-corrected chi connectivity index (χ1v) is 5.70. The lowest BCUT2D eigenvalue weighted by Crippen LogP contribution is -2.20. The highest BCUT2D eigenvalue weighted by molar-refractivity contribution is 5.34. The number of nitrogens with one attached hydrogen (secondary N) is 1. The van der Waals surface area contributed by atoms with Gasteiger partial charge in [-0.25, -0.2) is 22.0 Å². The van der Waals surface area contributed by atoms with Crippen LogP contribution >= 0.6 is 0 Å². The fourth-order valence-electron chi connectivity index (χ4n) is 2.01. The van der Waals surface area contributed by atoms with Gasteiger partial charge in [0.2, 0.25) is 0 Å². The molecule has 1 nitrogen and oxygen atoms in total. The van der Waals surface area contributed by atoms with Crippen LogP contribution in [0.2, 0.25) is 0 Å². The molecule has 0 fully saturated rings. The minimum Gasteiger partial charge on any atom is -0.309 e. The molecule has 0 amide bonds. The number of halogens is 5. The van der Waals surface area contributed by atoms with Crippen LogP contribution in [-0.2, 0) is 0 Å². The van der Waals surface area contributed by atoms with Crippen molar-refractivity contribution >= 4 is 0 Å². The summed E-state index contributed by atoms with van der Waals surface area (Å²) in [6.45, 7) is 0. The summed E-state index contributed by atoms with van der Waals surface area (Å²) in [6, 6.07) is 3.43. The maximum absolute atomic E-state index is 13.7. The smallest absolute Gasteiger partial charge is 0.194 e. The maximum atomic E-state index is 13.7. The molecule has 0 saturated carbocycles. The number of hydrogen-bond donors (Lipinski definition) is 1. The highest BCUT2D eigenvalue weighted by atomic mass is 19.2. The van der Waals surface area contributed by atoms with E-state index in [-0.39, 0.29) is 11.1 Å². The summed E-state index contributed by atoms with van der Waals surface area (Å²) in [7, 11) is 1.41. The van der Waals surface area contributed by atoms with E-state index in [0.29, 0.717) is 6.07 Å². The summed E-state index contributed by atoms with van der Waals surface area (Å²) in [4.78, 5) is 0. The Hall–Kier alpha value is -1.95. The first kappa shape index (κ1) is 14.5. The van der Waals surface area contributed by atoms with Crippen LogP contribution in [0.25, 0.3) is 0 Å². The van der Waals surface area contributed by atoms with Gasteiger partial charge in [0.25, 0.3) is 0 Å². The lowest BCUT2D eigenvalue weighted by atomic mass is 9.98. The van der Waals surface area contributed by atoms with Crippen molar-refractivity contribution in [3.8, 4) is 0 Å². The molecule has 0 bridgehead atoms. The third-order valence-corrected chi connectivity index (χ3v) is 2.88. The summed E-state index contributed by atoms with van der Waals surface area (Å²) in [5.74, 6) is -6.04. The average molecular weight is 287 g/mol. The van der Waals surface area contributed by atoms with E-state index in [1.54, 1.807) is 0 Å². The van der Waals surface area contributed by atoms with Crippen LogP contribution in [0.4, 0.5) is 22.0 Å². The molecule has 106 valence electrons. The molecule has 0 heterocycles. The molecule has 2 aromatic rings. The van der Waals surface area contributed by atoms with Gasteiger partial charge in [-0.2, -0.15) is 0 Å². The van der Waals surface area contributed by atoms with E-state index in [1.165, 1.54) is 7.05 Å². The van der Waals surface area contributed by atoms with Gasteiger partial charge in [0.1, 0.15) is 11.6 Å². The van der Waals surface area contributed by atoms with Crippen LogP contribution in [0, 0.1) is 29.1 Å². The van der Waals surface area contributed by atoms with Gasteiger partial charge in [0, 0.05) is 11.6 Å². The maximum Gasteiger partial charge on any atom is 0.194 e. The van der Waals surface area contributed by atoms with Crippen molar-refractivity contribution < 1.29 is 22.0 Å². The Morgan fingerprint density at radius 3 is 2.00 bits per heavy atom. The molecule has 0 saturated heterocycles. The van der Waals surface area contributed by atoms with Gasteiger partial charge in [0.15, 0.2) is 17.5 Å². The van der Waals surface area contributed by atoms with Gasteiger partial charge >= 0.3 is 0 Å². The minimum atomic E-state index is -1.63. The van der Waals surface area contributed by atoms with Gasteiger partial charge in [0.05, 0.1) is 6.04 Å². The Morgan fingerprint density at radius 1 is 0.850 bits per heavy atom. The van der Waals surface area contributed by atoms with Crippen molar-refractivity contribution in [3.63, 3.8) is 0 Å². The minimum absolute atomic E-state index is 0.0647. The quantitative estimate of drug-likeness (QED) is 0.670. The SMILES string of the molecule is CNC(c1cc(F)cc(F)c1)c1ccc(F)c(F)c1F. The highest BCUT2D eigenvalue weighted by Gasteiger charge is 2.22. The molecule has 2 rings (SSSR count). The van der Waals surface area contributed by atoms with Gasteiger partial charge in [-0.15, -0.1) is 0 Å². The molecule has 1 atom stereocenters. The fraction of sp³-hybridized carbons (Fsp3) is 0.143. The molecule has 0 spiro atoms. The molecule has 1 unspecified atom stereocenters. The Morgan fingerprint density at radius 2 is 1.45 bits per heavy atom. The molecule has 0 radical (unpaired) electrons. The zero-order valence-corrected chi connectivity index (χ0v) is 10.4. The van der Waals surface area contributed by atoms with Crippen molar-refractivity contribution in [1.29, 1.82) is 0 Å². The van der Waals surface area contributed by atoms with Gasteiger partial charge in [-0.1, -0.05) is 6.07 Å². The number of rotatable bonds is 3. The molecule has 2 aromatic carbocycles. The van der Waals surface area contributed by atoms with Gasteiger partial charge in [-0.3, -0.25) is 0 Å². The molecule has 0 aliphatic rings. The zero-order valence-electron chi connectivity index (χ0n) is 10.4. The second kappa shape index (κ2) is 5.58. The van der Waals surface area contributed by atoms with E-state index in [1.807, 2.05) is 0 Å². The van der Waals surface area contributed by atoms with Crippen LogP contribution in [0.15, 0.2) is 30.3 Å². The molecule has 6 heteroatoms. The van der Waals surface area contributed by atoms with Crippen molar-refractivity contribution in [1.82, 2.24) is 5.32 Å². The molecular formula is C14H10F5N. The Balaban J connectivity index is 2.55. The first-order valence-electron chi connectivity index (χ1n) is 5.70. The van der Waals surface area contributed by atoms with E-state index >= 15 is 0 Å². The summed E-state index contributed by atoms with van der Waals surface area (Å²) in [5, 5.41) is 2.61. The monoisotopic (exact) mass is 287 g/mol. The standard InChI is InChI=1S/C14H10F5N/c1-20-14(7-4-8(15)6-9(16)5-7)10-2-3-11(17)13(19)12(10)18/h2-6,14,20H,1H3. The van der Waals surface area contributed by atoms with Crippen molar-refractivity contribution in [2.75, 3.05) is 7.05 Å². The third-order valence-electron chi connectivity index (χ3n) is 2.88. The third kappa shape index (κ3) is 2.65. The summed E-state index contributed by atoms with van der Waals surface area (Å²) in [6.07, 6.45) is 0. The van der Waals surface area contributed by atoms with Crippen molar-refractivity contribution in [3.05, 3.63) is 70.5 Å². The van der Waals surface area contributed by atoms with Crippen molar-refractivity contribution in [2.24, 2.45) is 0 Å². The first-order chi connectivity index (χ1) is 9.43. The van der Waals surface area contributed by atoms with Crippen LogP contribution < -0.4 is 5.32 Å². The van der Waals surface area contributed by atoms with Gasteiger partial charge in [-0.05, 0) is 30.8 Å². The van der Waals surface area contributed by atoms with E-state index in [0.717, 1.165) is 24.3 Å². The second-order valence-corrected chi connectivity index (χ2v) is 4.19. The number of benzene rings is 2. The molecule has 0 aliphatic heterocycles. The van der Waals surface area contributed by atoms with E-state index in [4.69, 9.17) is 0 Å². The lowest BCUT2D eigenvalue weighted by Gasteiger charge is -2.18. The Labute approximate surface area is 112 Å². The Kier molecular flexibility index (Phi) is 4.04. The fourth-order valence-corrected chi connectivity index (χ4v) is 2.01. The van der Waals surface area contributed by atoms with Crippen LogP contribution in [0.5, 0.6) is 0 Å². The highest BCUT2D eigenvalue weighted by Crippen LogP contribution is 2.27. The van der Waals surface area contributed by atoms with E-state index < -0.39 is 35.1 Å². The summed E-state index contributed by atoms with van der Waals surface area (Å²) in [5.41, 5.74) is -0.175. The van der Waals surface area contributed by atoms with Crippen LogP contribution in [-0.4, -0.2) is 7.05 Å². The molecule has 0 aliphatic carbocycles. The molecular weight excluding hydrogens is 277 g/mol. The molecule has 1 N–H and O–H groups in total. The predicted octanol–water partition coefficient (Wildman–Crippen LogP) is 3.69. The second-order valence-electron chi connectivity index (χ2n) is 4.19. The van der Waals surface area contributed by atoms with E-state index in [9.17, 15) is 22.0 Å². The van der Waals surface area contributed by atoms with Gasteiger partial charge < -0.3 is 5.32 Å². The average Bonchev–Trinajstić information content (AvgIpc) is 2.38. The predicted molar refractivity (Wildman–Crippen MR) is 63.6 cm³/mol. The lowest BCUT2D eigenvalue weighted by molar-refractivity contribution is 0.434. The largest absolute Gasteiger partial charge is 0.309 e. The van der Waals surface area contributed by atoms with Crippen LogP contribution in [0.3, 0.4) is 0 Å². The van der Waals surface area contributed by atoms with E-state index in [2.05, 4.69) is 5.32 Å². The zero-order chi connectivity index (χ0) is 14.9. The summed E-state index contributed by atoms with van der Waals surface area (Å²) >= 11 is 0.